The molecule has 1 aromatic carbocycles. The van der Waals surface area contributed by atoms with Crippen molar-refractivity contribution in [1.29, 1.82) is 0 Å². The topological polar surface area (TPSA) is 66.8 Å². The summed E-state index contributed by atoms with van der Waals surface area (Å²) in [5, 5.41) is 22.5. The summed E-state index contributed by atoms with van der Waals surface area (Å²) in [6, 6.07) is 3.77. The van der Waals surface area contributed by atoms with Crippen molar-refractivity contribution in [2.24, 2.45) is 5.92 Å². The number of nitrogens with zero attached hydrogens (tertiary/aromatic N) is 1. The fraction of sp³-hybridized carbons (Fsp3) is 0.667. The first-order valence-corrected chi connectivity index (χ1v) is 10.0. The third kappa shape index (κ3) is 1.94. The van der Waals surface area contributed by atoms with Gasteiger partial charge in [0.05, 0.1) is 25.6 Å². The number of phenols is 1. The molecule has 1 spiro atoms. The number of phenolic OH excluding ortho intramolecular Hbond substituents is 1. The van der Waals surface area contributed by atoms with E-state index in [0.29, 0.717) is 18.6 Å². The maximum atomic E-state index is 12.8. The third-order valence-corrected chi connectivity index (χ3v) is 8.28. The molecular formula is C21H26BrNO4. The minimum absolute atomic E-state index is 0. The third-order valence-electron chi connectivity index (χ3n) is 8.28. The van der Waals surface area contributed by atoms with Crippen LogP contribution in [0.1, 0.15) is 43.2 Å². The molecule has 0 aromatic heterocycles. The van der Waals surface area contributed by atoms with E-state index < -0.39 is 17.1 Å². The molecule has 1 unspecified atom stereocenters. The molecule has 0 radical (unpaired) electrons. The Labute approximate surface area is 169 Å². The van der Waals surface area contributed by atoms with Crippen molar-refractivity contribution in [2.75, 3.05) is 20.1 Å². The average molecular weight is 436 g/mol. The Morgan fingerprint density at radius 3 is 2.81 bits per heavy atom. The molecule has 5 aliphatic rings. The molecule has 2 N–H and O–H groups in total. The molecule has 1 aromatic rings. The number of halogens is 1. The Hall–Kier alpha value is -1.11. The number of benzene rings is 1. The predicted octanol–water partition coefficient (Wildman–Crippen LogP) is -1.33. The molecule has 2 aliphatic heterocycles. The first-order valence-electron chi connectivity index (χ1n) is 10.0. The molecule has 2 heterocycles. The number of likely N-dealkylation sites (N-methyl/N-ethyl adjacent to an activating group) is 1. The van der Waals surface area contributed by atoms with Gasteiger partial charge in [-0.05, 0) is 30.9 Å². The maximum absolute atomic E-state index is 12.8. The van der Waals surface area contributed by atoms with Crippen molar-refractivity contribution < 1.29 is 41.2 Å². The lowest BCUT2D eigenvalue weighted by Crippen LogP contribution is -3.00. The first-order chi connectivity index (χ1) is 12.4. The number of aliphatic hydroxyl groups is 1. The zero-order valence-corrected chi connectivity index (χ0v) is 17.2. The lowest BCUT2D eigenvalue weighted by molar-refractivity contribution is -0.950. The molecule has 3 fully saturated rings. The Morgan fingerprint density at radius 1 is 1.30 bits per heavy atom. The highest BCUT2D eigenvalue weighted by Crippen LogP contribution is 2.65. The number of rotatable bonds is 2. The van der Waals surface area contributed by atoms with E-state index in [4.69, 9.17) is 4.74 Å². The number of hydrogen-bond donors (Lipinski definition) is 2. The van der Waals surface area contributed by atoms with E-state index in [1.54, 1.807) is 6.07 Å². The number of likely N-dealkylation sites (tertiary alicyclic amines) is 1. The quantitative estimate of drug-likeness (QED) is 0.565. The summed E-state index contributed by atoms with van der Waals surface area (Å²) < 4.78 is 6.98. The zero-order chi connectivity index (χ0) is 17.9. The number of carbonyl (C=O) groups is 1. The normalized spacial score (nSPS) is 43.6. The van der Waals surface area contributed by atoms with Crippen LogP contribution in [0.25, 0.3) is 0 Å². The van der Waals surface area contributed by atoms with Crippen LogP contribution in [0.2, 0.25) is 0 Å². The van der Waals surface area contributed by atoms with Gasteiger partial charge in [-0.2, -0.15) is 0 Å². The highest BCUT2D eigenvalue weighted by Gasteiger charge is 2.76. The molecule has 3 aliphatic carbocycles. The monoisotopic (exact) mass is 435 g/mol. The Bertz CT molecular complexity index is 855. The van der Waals surface area contributed by atoms with E-state index in [2.05, 4.69) is 7.05 Å². The van der Waals surface area contributed by atoms with Crippen LogP contribution in [0, 0.1) is 5.92 Å². The van der Waals surface area contributed by atoms with E-state index in [1.165, 1.54) is 12.8 Å². The average Bonchev–Trinajstić information content (AvgIpc) is 3.32. The van der Waals surface area contributed by atoms with Gasteiger partial charge in [0.1, 0.15) is 11.6 Å². The lowest BCUT2D eigenvalue weighted by atomic mass is 9.48. The second-order valence-electron chi connectivity index (χ2n) is 9.61. The van der Waals surface area contributed by atoms with Gasteiger partial charge in [-0.25, -0.2) is 0 Å². The molecule has 6 rings (SSSR count). The number of hydrogen-bond acceptors (Lipinski definition) is 4. The van der Waals surface area contributed by atoms with E-state index in [0.717, 1.165) is 47.5 Å². The summed E-state index contributed by atoms with van der Waals surface area (Å²) in [5.41, 5.74) is 0.492. The summed E-state index contributed by atoms with van der Waals surface area (Å²) in [4.78, 5) is 12.8. The van der Waals surface area contributed by atoms with Crippen molar-refractivity contribution in [2.45, 2.75) is 61.7 Å². The fourth-order valence-electron chi connectivity index (χ4n) is 6.94. The van der Waals surface area contributed by atoms with Gasteiger partial charge < -0.3 is 36.4 Å². The Kier molecular flexibility index (Phi) is 3.51. The van der Waals surface area contributed by atoms with Crippen LogP contribution in [-0.4, -0.2) is 58.4 Å². The van der Waals surface area contributed by atoms with Crippen molar-refractivity contribution in [3.05, 3.63) is 23.3 Å². The summed E-state index contributed by atoms with van der Waals surface area (Å²) >= 11 is 0. The van der Waals surface area contributed by atoms with Gasteiger partial charge in [0.25, 0.3) is 0 Å². The van der Waals surface area contributed by atoms with Crippen molar-refractivity contribution in [3.8, 4) is 11.5 Å². The Balaban J connectivity index is 0.00000160. The first kappa shape index (κ1) is 18.0. The number of ether oxygens (including phenoxy) is 1. The van der Waals surface area contributed by atoms with Crippen LogP contribution in [0.15, 0.2) is 12.1 Å². The number of quaternary nitrogens is 1. The molecule has 2 saturated carbocycles. The van der Waals surface area contributed by atoms with Crippen LogP contribution in [0.5, 0.6) is 11.5 Å². The maximum Gasteiger partial charge on any atom is 0.174 e. The molecule has 5 nitrogen and oxygen atoms in total. The highest BCUT2D eigenvalue weighted by molar-refractivity contribution is 5.90. The Morgan fingerprint density at radius 2 is 2.07 bits per heavy atom. The summed E-state index contributed by atoms with van der Waals surface area (Å²) in [6.07, 6.45) is 4.42. The molecule has 5 atom stereocenters. The fourth-order valence-corrected chi connectivity index (χ4v) is 6.94. The molecular weight excluding hydrogens is 410 g/mol. The summed E-state index contributed by atoms with van der Waals surface area (Å²) in [6.45, 7) is 2.09. The summed E-state index contributed by atoms with van der Waals surface area (Å²) in [7, 11) is 2.31. The van der Waals surface area contributed by atoms with Gasteiger partial charge in [-0.3, -0.25) is 4.79 Å². The second-order valence-corrected chi connectivity index (χ2v) is 9.61. The number of piperidine rings is 1. The molecule has 0 amide bonds. The highest BCUT2D eigenvalue weighted by atomic mass is 79.9. The van der Waals surface area contributed by atoms with Crippen molar-refractivity contribution in [3.63, 3.8) is 0 Å². The van der Waals surface area contributed by atoms with Gasteiger partial charge in [0, 0.05) is 30.7 Å². The van der Waals surface area contributed by atoms with Crippen LogP contribution in [0.4, 0.5) is 0 Å². The molecule has 6 heteroatoms. The van der Waals surface area contributed by atoms with Crippen molar-refractivity contribution in [1.82, 2.24) is 0 Å². The van der Waals surface area contributed by atoms with Crippen LogP contribution < -0.4 is 21.7 Å². The number of aromatic hydroxyl groups is 1. The molecule has 1 saturated heterocycles. The number of Topliss-reactive ketones (excluding diaryl/α,β-unsaturated/α-hetero) is 1. The van der Waals surface area contributed by atoms with E-state index >= 15 is 0 Å². The second kappa shape index (κ2) is 5.28. The summed E-state index contributed by atoms with van der Waals surface area (Å²) in [5.74, 6) is 1.42. The lowest BCUT2D eigenvalue weighted by Gasteiger charge is -2.64. The van der Waals surface area contributed by atoms with Crippen molar-refractivity contribution >= 4 is 5.78 Å². The van der Waals surface area contributed by atoms with Crippen LogP contribution in [0.3, 0.4) is 0 Å². The molecule has 146 valence electrons. The number of ketones is 1. The van der Waals surface area contributed by atoms with Crippen LogP contribution >= 0.6 is 0 Å². The van der Waals surface area contributed by atoms with Gasteiger partial charge in [0.15, 0.2) is 23.4 Å². The van der Waals surface area contributed by atoms with Gasteiger partial charge >= 0.3 is 0 Å². The zero-order valence-electron chi connectivity index (χ0n) is 15.6. The standard InChI is InChI=1S/C21H25NO4.BrH/c1-22(11-12-2-3-12)9-8-20-17-13-4-5-14(23)18(17)26-19(20)15(24)6-7-21(20,25)16(22)10-13;/h4-5,12,16,19,25H,2-3,6-11H2,1H3;1H/t16?,19-,20-,21+,22-;/m0./s1. The van der Waals surface area contributed by atoms with E-state index in [1.807, 2.05) is 6.07 Å². The van der Waals surface area contributed by atoms with Gasteiger partial charge in [-0.15, -0.1) is 0 Å². The van der Waals surface area contributed by atoms with E-state index in [-0.39, 0.29) is 34.6 Å². The van der Waals surface area contributed by atoms with E-state index in [9.17, 15) is 15.0 Å². The minimum Gasteiger partial charge on any atom is -1.00 e. The number of carbonyl (C=O) groups excluding carboxylic acids is 1. The largest absolute Gasteiger partial charge is 1.00 e. The molecule has 27 heavy (non-hydrogen) atoms. The van der Waals surface area contributed by atoms with Crippen LogP contribution in [-0.2, 0) is 16.6 Å². The smallest absolute Gasteiger partial charge is 0.174 e. The minimum atomic E-state index is -0.931. The van der Waals surface area contributed by atoms with Gasteiger partial charge in [-0.1, -0.05) is 6.07 Å². The molecule has 2 bridgehead atoms. The van der Waals surface area contributed by atoms with Gasteiger partial charge in [0.2, 0.25) is 0 Å². The predicted molar refractivity (Wildman–Crippen MR) is 94.1 cm³/mol. The SMILES string of the molecule is C[N@@+]1(CC2CC2)CC[C@]23c4c5ccc(O)c4O[C@H]2C(=O)CC[C@@]3(O)C1C5.[Br-].